The largest absolute Gasteiger partial charge is 0.332 e. The fourth-order valence-electron chi connectivity index (χ4n) is 3.86. The van der Waals surface area contributed by atoms with Gasteiger partial charge >= 0.3 is 0 Å². The minimum Gasteiger partial charge on any atom is -0.332 e. The zero-order valence-electron chi connectivity index (χ0n) is 18.9. The van der Waals surface area contributed by atoms with E-state index < -0.39 is 0 Å². The minimum atomic E-state index is -0.173. The number of carbonyl (C=O) groups is 2. The van der Waals surface area contributed by atoms with Gasteiger partial charge < -0.3 is 14.7 Å². The van der Waals surface area contributed by atoms with Gasteiger partial charge in [-0.15, -0.1) is 0 Å². The third-order valence-corrected chi connectivity index (χ3v) is 6.10. The van der Waals surface area contributed by atoms with Crippen molar-refractivity contribution in [1.29, 1.82) is 0 Å². The van der Waals surface area contributed by atoms with E-state index in [0.29, 0.717) is 49.1 Å². The Morgan fingerprint density at radius 1 is 1.03 bits per heavy atom. The molecule has 0 spiro atoms. The van der Waals surface area contributed by atoms with Crippen molar-refractivity contribution in [2.75, 3.05) is 33.7 Å². The molecule has 0 fully saturated rings. The van der Waals surface area contributed by atoms with E-state index in [0.717, 1.165) is 17.7 Å². The molecule has 33 heavy (non-hydrogen) atoms. The summed E-state index contributed by atoms with van der Waals surface area (Å²) in [6.45, 7) is 3.26. The highest BCUT2D eigenvalue weighted by atomic mass is 35.5. The number of fused-ring (bicyclic) bond motifs is 1. The van der Waals surface area contributed by atoms with Gasteiger partial charge in [0.2, 0.25) is 0 Å². The van der Waals surface area contributed by atoms with Gasteiger partial charge in [0.25, 0.3) is 11.8 Å². The minimum absolute atomic E-state index is 0.143. The average molecular weight is 466 g/mol. The van der Waals surface area contributed by atoms with Gasteiger partial charge in [0, 0.05) is 43.8 Å². The molecule has 1 aliphatic heterocycles. The molecular formula is C25H28ClN5O2. The SMILES string of the molecule is CN(C)CCN(Cc1ccccc1)C(=O)c1cc2n(n1)CCN(Cc1ccccc1Cl)C2=O. The van der Waals surface area contributed by atoms with E-state index in [2.05, 4.69) is 5.10 Å². The fourth-order valence-corrected chi connectivity index (χ4v) is 4.06. The zero-order valence-corrected chi connectivity index (χ0v) is 19.7. The second-order valence-electron chi connectivity index (χ2n) is 8.47. The molecule has 0 unspecified atom stereocenters. The van der Waals surface area contributed by atoms with Crippen LogP contribution in [0.1, 0.15) is 32.1 Å². The zero-order chi connectivity index (χ0) is 23.4. The Morgan fingerprint density at radius 3 is 2.48 bits per heavy atom. The van der Waals surface area contributed by atoms with Gasteiger partial charge in [0.15, 0.2) is 5.69 Å². The fraction of sp³-hybridized carbons (Fsp3) is 0.320. The first kappa shape index (κ1) is 23.0. The quantitative estimate of drug-likeness (QED) is 0.511. The lowest BCUT2D eigenvalue weighted by Gasteiger charge is -2.27. The van der Waals surface area contributed by atoms with Crippen molar-refractivity contribution in [2.45, 2.75) is 19.6 Å². The molecule has 4 rings (SSSR count). The third kappa shape index (κ3) is 5.43. The molecule has 8 heteroatoms. The van der Waals surface area contributed by atoms with E-state index in [-0.39, 0.29) is 11.8 Å². The van der Waals surface area contributed by atoms with E-state index >= 15 is 0 Å². The van der Waals surface area contributed by atoms with Crippen LogP contribution in [0.4, 0.5) is 0 Å². The molecule has 7 nitrogen and oxygen atoms in total. The summed E-state index contributed by atoms with van der Waals surface area (Å²) in [5, 5.41) is 5.12. The Morgan fingerprint density at radius 2 is 1.76 bits per heavy atom. The van der Waals surface area contributed by atoms with E-state index in [1.54, 1.807) is 20.5 Å². The highest BCUT2D eigenvalue weighted by molar-refractivity contribution is 6.31. The van der Waals surface area contributed by atoms with Crippen molar-refractivity contribution >= 4 is 23.4 Å². The Labute approximate surface area is 199 Å². The third-order valence-electron chi connectivity index (χ3n) is 5.73. The summed E-state index contributed by atoms with van der Waals surface area (Å²) < 4.78 is 1.64. The van der Waals surface area contributed by atoms with E-state index in [4.69, 9.17) is 11.6 Å². The van der Waals surface area contributed by atoms with Crippen molar-refractivity contribution < 1.29 is 9.59 Å². The van der Waals surface area contributed by atoms with Gasteiger partial charge in [-0.2, -0.15) is 5.10 Å². The highest BCUT2D eigenvalue weighted by Crippen LogP contribution is 2.21. The topological polar surface area (TPSA) is 61.7 Å². The highest BCUT2D eigenvalue weighted by Gasteiger charge is 2.29. The van der Waals surface area contributed by atoms with Crippen molar-refractivity contribution in [2.24, 2.45) is 0 Å². The number of hydrogen-bond donors (Lipinski definition) is 0. The predicted octanol–water partition coefficient (Wildman–Crippen LogP) is 3.40. The van der Waals surface area contributed by atoms with Crippen LogP contribution in [0.2, 0.25) is 5.02 Å². The molecular weight excluding hydrogens is 438 g/mol. The molecule has 2 aromatic carbocycles. The standard InChI is InChI=1S/C25H28ClN5O2/c1-28(2)12-13-29(17-19-8-4-3-5-9-19)24(32)22-16-23-25(33)30(14-15-31(23)27-22)18-20-10-6-7-11-21(20)26/h3-11,16H,12-15,17-18H2,1-2H3. The van der Waals surface area contributed by atoms with Crippen LogP contribution >= 0.6 is 11.6 Å². The summed E-state index contributed by atoms with van der Waals surface area (Å²) in [4.78, 5) is 32.1. The first-order chi connectivity index (χ1) is 15.9. The number of halogens is 1. The number of aromatic nitrogens is 2. The van der Waals surface area contributed by atoms with Gasteiger partial charge in [-0.25, -0.2) is 0 Å². The molecule has 1 aromatic heterocycles. The van der Waals surface area contributed by atoms with Crippen molar-refractivity contribution in [3.63, 3.8) is 0 Å². The van der Waals surface area contributed by atoms with Crippen molar-refractivity contribution in [3.05, 3.63) is 88.2 Å². The molecule has 0 N–H and O–H groups in total. The van der Waals surface area contributed by atoms with Crippen molar-refractivity contribution in [3.8, 4) is 0 Å². The van der Waals surface area contributed by atoms with Crippen LogP contribution in [0, 0.1) is 0 Å². The smallest absolute Gasteiger partial charge is 0.274 e. The van der Waals surface area contributed by atoms with Crippen LogP contribution in [0.25, 0.3) is 0 Å². The molecule has 0 radical (unpaired) electrons. The summed E-state index contributed by atoms with van der Waals surface area (Å²) >= 11 is 6.28. The maximum Gasteiger partial charge on any atom is 0.274 e. The van der Waals surface area contributed by atoms with E-state index in [9.17, 15) is 9.59 Å². The molecule has 0 saturated heterocycles. The van der Waals surface area contributed by atoms with Gasteiger partial charge in [0.05, 0.1) is 6.54 Å². The van der Waals surface area contributed by atoms with Gasteiger partial charge in [-0.3, -0.25) is 14.3 Å². The predicted molar refractivity (Wildman–Crippen MR) is 128 cm³/mol. The Bertz CT molecular complexity index is 1130. The summed E-state index contributed by atoms with van der Waals surface area (Å²) in [6, 6.07) is 19.0. The number of nitrogens with zero attached hydrogens (tertiary/aromatic N) is 5. The summed E-state index contributed by atoms with van der Waals surface area (Å²) in [6.07, 6.45) is 0. The first-order valence-corrected chi connectivity index (χ1v) is 11.4. The second-order valence-corrected chi connectivity index (χ2v) is 8.88. The van der Waals surface area contributed by atoms with Gasteiger partial charge in [0.1, 0.15) is 5.69 Å². The van der Waals surface area contributed by atoms with E-state index in [1.807, 2.05) is 73.6 Å². The number of likely N-dealkylation sites (N-methyl/N-ethyl adjacent to an activating group) is 1. The van der Waals surface area contributed by atoms with Crippen LogP contribution in [-0.2, 0) is 19.6 Å². The second kappa shape index (κ2) is 10.2. The normalized spacial score (nSPS) is 13.3. The molecule has 0 aliphatic carbocycles. The summed E-state index contributed by atoms with van der Waals surface area (Å²) in [7, 11) is 3.96. The first-order valence-electron chi connectivity index (χ1n) is 11.0. The lowest BCUT2D eigenvalue weighted by Crippen LogP contribution is -2.39. The monoisotopic (exact) mass is 465 g/mol. The lowest BCUT2D eigenvalue weighted by atomic mass is 10.1. The molecule has 172 valence electrons. The molecule has 1 aliphatic rings. The Balaban J connectivity index is 1.53. The number of hydrogen-bond acceptors (Lipinski definition) is 4. The number of amides is 2. The number of carbonyl (C=O) groups excluding carboxylic acids is 2. The summed E-state index contributed by atoms with van der Waals surface area (Å²) in [5.74, 6) is -0.316. The molecule has 2 heterocycles. The molecule has 3 aromatic rings. The Hall–Kier alpha value is -3.16. The van der Waals surface area contributed by atoms with Gasteiger partial charge in [-0.1, -0.05) is 60.1 Å². The van der Waals surface area contributed by atoms with Gasteiger partial charge in [-0.05, 0) is 31.3 Å². The average Bonchev–Trinajstić information content (AvgIpc) is 3.25. The Kier molecular flexibility index (Phi) is 7.11. The van der Waals surface area contributed by atoms with Crippen LogP contribution < -0.4 is 0 Å². The van der Waals surface area contributed by atoms with Crippen molar-refractivity contribution in [1.82, 2.24) is 24.5 Å². The molecule has 0 atom stereocenters. The van der Waals surface area contributed by atoms with Crippen LogP contribution in [0.5, 0.6) is 0 Å². The maximum absolute atomic E-state index is 13.4. The lowest BCUT2D eigenvalue weighted by molar-refractivity contribution is 0.0679. The van der Waals surface area contributed by atoms with Crippen LogP contribution in [-0.4, -0.2) is 70.0 Å². The molecule has 2 amide bonds. The molecule has 0 bridgehead atoms. The van der Waals surface area contributed by atoms with Crippen LogP contribution in [0.15, 0.2) is 60.7 Å². The van der Waals surface area contributed by atoms with E-state index in [1.165, 1.54) is 0 Å². The van der Waals surface area contributed by atoms with Crippen LogP contribution in [0.3, 0.4) is 0 Å². The number of rotatable bonds is 8. The number of benzene rings is 2. The molecule has 0 saturated carbocycles. The summed E-state index contributed by atoms with van der Waals surface area (Å²) in [5.41, 5.74) is 2.68. The maximum atomic E-state index is 13.4.